The topological polar surface area (TPSA) is 0 Å². The molecule has 3 heteroatoms. The first kappa shape index (κ1) is 13.7. The van der Waals surface area contributed by atoms with Crippen LogP contribution in [0, 0.1) is 0 Å². The van der Waals surface area contributed by atoms with Crippen LogP contribution in [-0.4, -0.2) is 8.02 Å². The molecule has 0 bridgehead atoms. The maximum absolute atomic E-state index is 16.2. The molecule has 0 nitrogen and oxygen atoms in total. The molecule has 0 aliphatic heterocycles. The molecule has 0 aromatic heterocycles. The average molecular weight is 297 g/mol. The first-order valence-corrected chi connectivity index (χ1v) is 9.12. The van der Waals surface area contributed by atoms with Crippen LogP contribution >= 0.6 is 0 Å². The van der Waals surface area contributed by atoms with Gasteiger partial charge in [-0.25, -0.2) is 0 Å². The van der Waals surface area contributed by atoms with Gasteiger partial charge in [0.2, 0.25) is 0 Å². The van der Waals surface area contributed by atoms with Crippen molar-refractivity contribution in [1.82, 2.24) is 0 Å². The van der Waals surface area contributed by atoms with Crippen molar-refractivity contribution in [3.8, 4) is 0 Å². The first-order chi connectivity index (χ1) is 10.1. The van der Waals surface area contributed by atoms with Crippen molar-refractivity contribution in [2.75, 3.05) is 0 Å². The van der Waals surface area contributed by atoms with Crippen molar-refractivity contribution in [1.29, 1.82) is 0 Å². The summed E-state index contributed by atoms with van der Waals surface area (Å²) in [6, 6.07) is 24.5. The van der Waals surface area contributed by atoms with Crippen molar-refractivity contribution < 1.29 is 8.22 Å². The molecule has 0 fully saturated rings. The van der Waals surface area contributed by atoms with E-state index in [-0.39, 0.29) is 15.6 Å². The van der Waals surface area contributed by atoms with Crippen LogP contribution < -0.4 is 15.6 Å². The molecule has 0 atom stereocenters. The third kappa shape index (κ3) is 2.10. The zero-order valence-electron chi connectivity index (χ0n) is 11.4. The van der Waals surface area contributed by atoms with Gasteiger partial charge in [-0.3, -0.25) is 0 Å². The Bertz CT molecular complexity index is 622. The van der Waals surface area contributed by atoms with Crippen molar-refractivity contribution in [3.63, 3.8) is 0 Å². The van der Waals surface area contributed by atoms with E-state index in [9.17, 15) is 0 Å². The summed E-state index contributed by atoms with van der Waals surface area (Å²) in [7, 11) is -5.68. The molecule has 106 valence electrons. The van der Waals surface area contributed by atoms with Crippen LogP contribution in [0.3, 0.4) is 0 Å². The van der Waals surface area contributed by atoms with Gasteiger partial charge in [-0.1, -0.05) is 0 Å². The fourth-order valence-corrected chi connectivity index (χ4v) is 6.03. The van der Waals surface area contributed by atoms with Crippen molar-refractivity contribution in [3.05, 3.63) is 91.0 Å². The predicted molar refractivity (Wildman–Crippen MR) is 86.2 cm³/mol. The molecule has 0 saturated heterocycles. The molecular weight excluding hydrogens is 282 g/mol. The van der Waals surface area contributed by atoms with Crippen LogP contribution in [0.4, 0.5) is 8.22 Å². The van der Waals surface area contributed by atoms with Gasteiger partial charge in [0.05, 0.1) is 0 Å². The molecule has 0 heterocycles. The summed E-state index contributed by atoms with van der Waals surface area (Å²) in [5.74, 6) is 0. The molecule has 0 aliphatic rings. The van der Waals surface area contributed by atoms with E-state index >= 15 is 8.22 Å². The molecular formula is C18H15F2Si-. The van der Waals surface area contributed by atoms with E-state index in [4.69, 9.17) is 0 Å². The van der Waals surface area contributed by atoms with E-state index in [0.717, 1.165) is 0 Å². The van der Waals surface area contributed by atoms with Gasteiger partial charge in [0, 0.05) is 0 Å². The Kier molecular flexibility index (Phi) is 3.22. The van der Waals surface area contributed by atoms with E-state index in [1.165, 1.54) is 36.4 Å². The van der Waals surface area contributed by atoms with Crippen molar-refractivity contribution in [2.45, 2.75) is 0 Å². The number of benzene rings is 3. The predicted octanol–water partition coefficient (Wildman–Crippen LogP) is 3.04. The first-order valence-electron chi connectivity index (χ1n) is 6.86. The number of rotatable bonds is 3. The second-order valence-corrected chi connectivity index (χ2v) is 8.87. The summed E-state index contributed by atoms with van der Waals surface area (Å²) in [6.07, 6.45) is 0. The second kappa shape index (κ2) is 4.93. The third-order valence-corrected chi connectivity index (χ3v) is 7.88. The van der Waals surface area contributed by atoms with Gasteiger partial charge in [0.1, 0.15) is 0 Å². The quantitative estimate of drug-likeness (QED) is 0.396. The summed E-state index contributed by atoms with van der Waals surface area (Å²) < 4.78 is 32.3. The fourth-order valence-electron chi connectivity index (χ4n) is 2.69. The van der Waals surface area contributed by atoms with Crippen molar-refractivity contribution in [2.24, 2.45) is 0 Å². The molecule has 3 aromatic rings. The van der Waals surface area contributed by atoms with Crippen LogP contribution in [0.5, 0.6) is 0 Å². The Morgan fingerprint density at radius 2 is 0.667 bits per heavy atom. The molecule has 0 spiro atoms. The third-order valence-electron chi connectivity index (χ3n) is 3.84. The minimum absolute atomic E-state index is 0.120. The Hall–Kier alpha value is -2.26. The Labute approximate surface area is 123 Å². The van der Waals surface area contributed by atoms with Crippen LogP contribution in [0.25, 0.3) is 0 Å². The van der Waals surface area contributed by atoms with Gasteiger partial charge in [0.25, 0.3) is 0 Å². The molecule has 0 saturated carbocycles. The van der Waals surface area contributed by atoms with Crippen LogP contribution in [-0.2, 0) is 0 Å². The van der Waals surface area contributed by atoms with Gasteiger partial charge >= 0.3 is 123 Å². The second-order valence-electron chi connectivity index (χ2n) is 5.11. The molecule has 3 rings (SSSR count). The molecule has 0 unspecified atom stereocenters. The molecule has 0 N–H and O–H groups in total. The normalized spacial score (nSPS) is 13.3. The van der Waals surface area contributed by atoms with Gasteiger partial charge in [-0.2, -0.15) is 0 Å². The van der Waals surface area contributed by atoms with E-state index in [1.54, 1.807) is 54.6 Å². The Morgan fingerprint density at radius 1 is 0.429 bits per heavy atom. The van der Waals surface area contributed by atoms with Crippen LogP contribution in [0.15, 0.2) is 91.0 Å². The Balaban J connectivity index is 2.36. The monoisotopic (exact) mass is 297 g/mol. The Morgan fingerprint density at radius 3 is 0.905 bits per heavy atom. The van der Waals surface area contributed by atoms with E-state index in [0.29, 0.717) is 0 Å². The zero-order valence-corrected chi connectivity index (χ0v) is 12.4. The summed E-state index contributed by atoms with van der Waals surface area (Å²) in [5.41, 5.74) is 0. The standard InChI is InChI=1S/C18H15F2Si/c19-21(20,16-10-4-1-5-11-16,17-12-6-2-7-13-17)18-14-8-3-9-15-18/h1-15H/q-1. The zero-order chi connectivity index (χ0) is 14.8. The van der Waals surface area contributed by atoms with Gasteiger partial charge in [-0.05, 0) is 0 Å². The molecule has 0 aliphatic carbocycles. The van der Waals surface area contributed by atoms with Crippen molar-refractivity contribution >= 4 is 23.6 Å². The van der Waals surface area contributed by atoms with Gasteiger partial charge in [0.15, 0.2) is 0 Å². The van der Waals surface area contributed by atoms with E-state index < -0.39 is 8.02 Å². The number of hydrogen-bond donors (Lipinski definition) is 0. The number of hydrogen-bond acceptors (Lipinski definition) is 0. The fraction of sp³-hybridized carbons (Fsp3) is 0. The number of halogens is 2. The summed E-state index contributed by atoms with van der Waals surface area (Å²) in [6.45, 7) is 0. The SMILES string of the molecule is F[Si-](F)(c1ccccc1)(c1ccccc1)c1ccccc1. The maximum atomic E-state index is 16.2. The van der Waals surface area contributed by atoms with Gasteiger partial charge < -0.3 is 0 Å². The average Bonchev–Trinajstić information content (AvgIpc) is 2.57. The molecule has 3 aromatic carbocycles. The van der Waals surface area contributed by atoms with E-state index in [2.05, 4.69) is 0 Å². The molecule has 21 heavy (non-hydrogen) atoms. The van der Waals surface area contributed by atoms with Crippen LogP contribution in [0.2, 0.25) is 0 Å². The minimum atomic E-state index is -5.68. The summed E-state index contributed by atoms with van der Waals surface area (Å²) >= 11 is 0. The summed E-state index contributed by atoms with van der Waals surface area (Å²) in [5, 5.41) is 0.361. The molecule has 0 amide bonds. The van der Waals surface area contributed by atoms with Crippen LogP contribution in [0.1, 0.15) is 0 Å². The molecule has 0 radical (unpaired) electrons. The van der Waals surface area contributed by atoms with Gasteiger partial charge in [-0.15, -0.1) is 0 Å². The summed E-state index contributed by atoms with van der Waals surface area (Å²) in [4.78, 5) is 0. The van der Waals surface area contributed by atoms with E-state index in [1.807, 2.05) is 0 Å².